The van der Waals surface area contributed by atoms with E-state index < -0.39 is 0 Å². The zero-order valence-electron chi connectivity index (χ0n) is 2.89. The van der Waals surface area contributed by atoms with Crippen LogP contribution in [0.1, 0.15) is 0 Å². The number of hydrogen-bond acceptors (Lipinski definition) is 2. The SMILES string of the molecule is N[CH]C=CN. The average Bonchev–Trinajstić information content (AvgIpc) is 1.41. The maximum Gasteiger partial charge on any atom is 0.0432 e. The van der Waals surface area contributed by atoms with Gasteiger partial charge in [-0.15, -0.1) is 0 Å². The van der Waals surface area contributed by atoms with Crippen LogP contribution in [0.3, 0.4) is 0 Å². The molecule has 0 aromatic rings. The minimum Gasteiger partial charge on any atom is -0.405 e. The summed E-state index contributed by atoms with van der Waals surface area (Å²) in [6.45, 7) is 1.38. The van der Waals surface area contributed by atoms with E-state index in [0.29, 0.717) is 0 Å². The van der Waals surface area contributed by atoms with E-state index in [0.717, 1.165) is 0 Å². The second-order valence-corrected chi connectivity index (χ2v) is 0.577. The Morgan fingerprint density at radius 3 is 1.80 bits per heavy atom. The summed E-state index contributed by atoms with van der Waals surface area (Å²) in [7, 11) is 0. The van der Waals surface area contributed by atoms with Crippen molar-refractivity contribution in [2.45, 2.75) is 0 Å². The van der Waals surface area contributed by atoms with E-state index in [-0.39, 0.29) is 0 Å². The van der Waals surface area contributed by atoms with Gasteiger partial charge in [0.25, 0.3) is 0 Å². The third-order valence-corrected chi connectivity index (χ3v) is 0.222. The van der Waals surface area contributed by atoms with Gasteiger partial charge >= 0.3 is 0 Å². The van der Waals surface area contributed by atoms with Gasteiger partial charge < -0.3 is 11.5 Å². The molecular weight excluding hydrogens is 64.0 g/mol. The lowest BCUT2D eigenvalue weighted by atomic mass is 10.6. The van der Waals surface area contributed by atoms with Crippen LogP contribution in [0.2, 0.25) is 0 Å². The van der Waals surface area contributed by atoms with Crippen molar-refractivity contribution in [3.05, 3.63) is 18.8 Å². The van der Waals surface area contributed by atoms with Crippen molar-refractivity contribution in [1.82, 2.24) is 0 Å². The van der Waals surface area contributed by atoms with Crippen molar-refractivity contribution < 1.29 is 0 Å². The Morgan fingerprint density at radius 1 is 1.20 bits per heavy atom. The molecule has 0 aromatic heterocycles. The van der Waals surface area contributed by atoms with Gasteiger partial charge in [-0.3, -0.25) is 0 Å². The first-order valence-corrected chi connectivity index (χ1v) is 1.33. The van der Waals surface area contributed by atoms with Gasteiger partial charge in [0.05, 0.1) is 0 Å². The van der Waals surface area contributed by atoms with Gasteiger partial charge in [-0.05, 0) is 6.20 Å². The topological polar surface area (TPSA) is 52.0 Å². The third-order valence-electron chi connectivity index (χ3n) is 0.222. The van der Waals surface area contributed by atoms with Gasteiger partial charge in [0.1, 0.15) is 0 Å². The van der Waals surface area contributed by atoms with Crippen LogP contribution in [-0.2, 0) is 0 Å². The fraction of sp³-hybridized carbons (Fsp3) is 0. The fourth-order valence-corrected chi connectivity index (χ4v) is 0.0642. The summed E-state index contributed by atoms with van der Waals surface area (Å²) < 4.78 is 0. The largest absolute Gasteiger partial charge is 0.405 e. The Balaban J connectivity index is 2.62. The highest BCUT2D eigenvalue weighted by molar-refractivity contribution is 4.85. The maximum absolute atomic E-state index is 4.85. The van der Waals surface area contributed by atoms with Gasteiger partial charge in [-0.25, -0.2) is 0 Å². The summed E-state index contributed by atoms with van der Waals surface area (Å²) in [5, 5.41) is 0. The molecule has 5 heavy (non-hydrogen) atoms. The zero-order valence-corrected chi connectivity index (χ0v) is 2.89. The molecule has 0 saturated heterocycles. The molecule has 1 radical (unpaired) electrons. The van der Waals surface area contributed by atoms with Gasteiger partial charge in [0.2, 0.25) is 0 Å². The molecule has 0 aliphatic carbocycles. The molecule has 0 fully saturated rings. The summed E-state index contributed by atoms with van der Waals surface area (Å²) in [6, 6.07) is 0. The lowest BCUT2D eigenvalue weighted by molar-refractivity contribution is 1.42. The minimum absolute atomic E-state index is 1.38. The van der Waals surface area contributed by atoms with Gasteiger partial charge in [-0.1, -0.05) is 6.08 Å². The lowest BCUT2D eigenvalue weighted by Gasteiger charge is -1.67. The highest BCUT2D eigenvalue weighted by atomic mass is 14.5. The number of nitrogens with two attached hydrogens (primary N) is 2. The molecule has 0 aliphatic rings. The van der Waals surface area contributed by atoms with Gasteiger partial charge in [-0.2, -0.15) is 0 Å². The lowest BCUT2D eigenvalue weighted by Crippen LogP contribution is -1.85. The summed E-state index contributed by atoms with van der Waals surface area (Å²) in [5.74, 6) is 0. The van der Waals surface area contributed by atoms with Crippen LogP contribution in [0.5, 0.6) is 0 Å². The second kappa shape index (κ2) is 3.50. The van der Waals surface area contributed by atoms with E-state index in [9.17, 15) is 0 Å². The van der Waals surface area contributed by atoms with Gasteiger partial charge in [0.15, 0.2) is 0 Å². The summed E-state index contributed by atoms with van der Waals surface area (Å²) in [6.07, 6.45) is 2.93. The Bertz CT molecular complexity index is 31.9. The second-order valence-electron chi connectivity index (χ2n) is 0.577. The molecule has 0 aromatic carbocycles. The molecule has 0 heterocycles. The van der Waals surface area contributed by atoms with Crippen molar-refractivity contribution in [2.24, 2.45) is 11.5 Å². The molecule has 29 valence electrons. The van der Waals surface area contributed by atoms with Gasteiger partial charge in [0, 0.05) is 6.54 Å². The van der Waals surface area contributed by atoms with Crippen LogP contribution >= 0.6 is 0 Å². The normalized spacial score (nSPS) is 9.80. The van der Waals surface area contributed by atoms with Crippen LogP contribution < -0.4 is 11.5 Å². The smallest absolute Gasteiger partial charge is 0.0432 e. The van der Waals surface area contributed by atoms with E-state index in [1.165, 1.54) is 12.7 Å². The highest BCUT2D eigenvalue weighted by Crippen LogP contribution is 1.56. The summed E-state index contributed by atoms with van der Waals surface area (Å²) in [5.41, 5.74) is 9.69. The maximum atomic E-state index is 4.85. The number of hydrogen-bond donors (Lipinski definition) is 2. The molecule has 0 saturated carbocycles. The third kappa shape index (κ3) is 3.50. The first kappa shape index (κ1) is 4.50. The van der Waals surface area contributed by atoms with E-state index in [4.69, 9.17) is 11.5 Å². The molecular formula is C3H7N2. The predicted octanol–water partition coefficient (Wildman–Crippen LogP) is -0.421. The molecule has 0 unspecified atom stereocenters. The first-order chi connectivity index (χ1) is 2.41. The molecule has 0 bridgehead atoms. The van der Waals surface area contributed by atoms with Crippen molar-refractivity contribution >= 4 is 0 Å². The predicted molar refractivity (Wildman–Crippen MR) is 21.8 cm³/mol. The van der Waals surface area contributed by atoms with E-state index in [2.05, 4.69) is 0 Å². The van der Waals surface area contributed by atoms with Crippen LogP contribution in [0.4, 0.5) is 0 Å². The Morgan fingerprint density at radius 2 is 1.80 bits per heavy atom. The summed E-state index contributed by atoms with van der Waals surface area (Å²) in [4.78, 5) is 0. The Labute approximate surface area is 31.5 Å². The van der Waals surface area contributed by atoms with Crippen LogP contribution in [0.25, 0.3) is 0 Å². The first-order valence-electron chi connectivity index (χ1n) is 1.33. The monoisotopic (exact) mass is 71.1 g/mol. The molecule has 0 aliphatic heterocycles. The van der Waals surface area contributed by atoms with Crippen LogP contribution in [0.15, 0.2) is 12.3 Å². The quantitative estimate of drug-likeness (QED) is 0.441. The fourth-order valence-electron chi connectivity index (χ4n) is 0.0642. The van der Waals surface area contributed by atoms with E-state index in [1.807, 2.05) is 0 Å². The van der Waals surface area contributed by atoms with E-state index >= 15 is 0 Å². The van der Waals surface area contributed by atoms with Crippen molar-refractivity contribution in [3.63, 3.8) is 0 Å². The molecule has 0 atom stereocenters. The highest BCUT2D eigenvalue weighted by Gasteiger charge is 1.52. The molecule has 0 amide bonds. The molecule has 4 N–H and O–H groups in total. The van der Waals surface area contributed by atoms with E-state index in [1.54, 1.807) is 6.08 Å². The molecule has 2 nitrogen and oxygen atoms in total. The van der Waals surface area contributed by atoms with Crippen LogP contribution in [-0.4, -0.2) is 0 Å². The summed E-state index contributed by atoms with van der Waals surface area (Å²) >= 11 is 0. The van der Waals surface area contributed by atoms with Crippen LogP contribution in [0, 0.1) is 6.54 Å². The average molecular weight is 71.1 g/mol. The standard InChI is InChI=1S/C3H7N2/c4-2-1-3-5/h1-3H,4-5H2. The van der Waals surface area contributed by atoms with Crippen molar-refractivity contribution in [2.75, 3.05) is 0 Å². The zero-order chi connectivity index (χ0) is 4.12. The molecule has 2 heteroatoms. The number of rotatable bonds is 1. The minimum atomic E-state index is 1.38. The Kier molecular flexibility index (Phi) is 3.15. The van der Waals surface area contributed by atoms with Crippen molar-refractivity contribution in [3.8, 4) is 0 Å². The molecule has 0 rings (SSSR count). The Hall–Kier alpha value is -0.500. The molecule has 0 spiro atoms. The van der Waals surface area contributed by atoms with Crippen molar-refractivity contribution in [1.29, 1.82) is 0 Å².